The molecule has 4 heteroatoms. The maximum Gasteiger partial charge on any atom is 0.136 e. The van der Waals surface area contributed by atoms with E-state index in [9.17, 15) is 0 Å². The maximum atomic E-state index is 6.74. The van der Waals surface area contributed by atoms with Crippen LogP contribution in [0.5, 0.6) is 0 Å². The number of benzene rings is 10. The Morgan fingerprint density at radius 3 is 1.48 bits per heavy atom. The minimum absolute atomic E-state index is 0.853. The number of rotatable bonds is 5. The molecule has 0 saturated carbocycles. The van der Waals surface area contributed by atoms with Crippen LogP contribution >= 0.6 is 22.7 Å². The van der Waals surface area contributed by atoms with E-state index in [0.717, 1.165) is 71.7 Å². The standard InChI is InChI=1S/C61H35NOS2/c1-2-13-36(14-3-1)61-50-35-53-60(49-20-5-9-22-52(49)63-53)58(59(50)48-19-4-8-21-51(48)62-61)40-16-12-15-37(29-40)41-30-42(38-25-27-46-44-17-6-10-23-54(44)64-56(46)33-38)32-43(31-41)39-26-28-47-45-18-7-11-24-55(45)65-57(47)34-39/h1-35H. The van der Waals surface area contributed by atoms with E-state index in [1.165, 1.54) is 68.0 Å². The van der Waals surface area contributed by atoms with Gasteiger partial charge in [0.25, 0.3) is 0 Å². The Labute approximate surface area is 381 Å². The summed E-state index contributed by atoms with van der Waals surface area (Å²) >= 11 is 3.73. The molecule has 0 saturated heterocycles. The van der Waals surface area contributed by atoms with Crippen LogP contribution in [-0.2, 0) is 0 Å². The lowest BCUT2D eigenvalue weighted by atomic mass is 9.88. The monoisotopic (exact) mass is 861 g/mol. The van der Waals surface area contributed by atoms with Gasteiger partial charge in [0.05, 0.1) is 11.2 Å². The summed E-state index contributed by atoms with van der Waals surface area (Å²) in [4.78, 5) is 5.33. The Morgan fingerprint density at radius 2 is 0.800 bits per heavy atom. The van der Waals surface area contributed by atoms with Gasteiger partial charge in [-0.15, -0.1) is 22.7 Å². The Balaban J connectivity index is 1.02. The van der Waals surface area contributed by atoms with E-state index in [1.54, 1.807) is 0 Å². The van der Waals surface area contributed by atoms with Gasteiger partial charge in [0, 0.05) is 78.4 Å². The highest BCUT2D eigenvalue weighted by Gasteiger charge is 2.22. The van der Waals surface area contributed by atoms with Gasteiger partial charge in [-0.2, -0.15) is 0 Å². The third-order valence-corrected chi connectivity index (χ3v) is 15.5. The minimum Gasteiger partial charge on any atom is -0.456 e. The van der Waals surface area contributed by atoms with Gasteiger partial charge in [0.1, 0.15) is 11.2 Å². The Morgan fingerprint density at radius 1 is 0.292 bits per heavy atom. The molecule has 14 rings (SSSR count). The zero-order valence-corrected chi connectivity index (χ0v) is 36.5. The minimum atomic E-state index is 0.853. The lowest BCUT2D eigenvalue weighted by Crippen LogP contribution is -1.93. The summed E-state index contributed by atoms with van der Waals surface area (Å²) in [6.45, 7) is 0. The van der Waals surface area contributed by atoms with Gasteiger partial charge >= 0.3 is 0 Å². The molecule has 0 spiro atoms. The van der Waals surface area contributed by atoms with Crippen molar-refractivity contribution in [1.82, 2.24) is 4.98 Å². The van der Waals surface area contributed by atoms with E-state index < -0.39 is 0 Å². The Hall–Kier alpha value is -7.89. The number of pyridine rings is 1. The number of hydrogen-bond donors (Lipinski definition) is 0. The molecule has 0 bridgehead atoms. The second-order valence-corrected chi connectivity index (χ2v) is 19.2. The van der Waals surface area contributed by atoms with E-state index in [1.807, 2.05) is 22.7 Å². The van der Waals surface area contributed by atoms with Crippen molar-refractivity contribution in [3.8, 4) is 55.8 Å². The fourth-order valence-electron chi connectivity index (χ4n) is 10.2. The molecule has 0 unspecified atom stereocenters. The molecular formula is C61H35NOS2. The molecule has 0 N–H and O–H groups in total. The average Bonchev–Trinajstić information content (AvgIpc) is 4.06. The molecule has 302 valence electrons. The van der Waals surface area contributed by atoms with Crippen LogP contribution in [0.1, 0.15) is 0 Å². The summed E-state index contributed by atoms with van der Waals surface area (Å²) in [5.41, 5.74) is 14.1. The Kier molecular flexibility index (Phi) is 8.06. The third kappa shape index (κ3) is 5.81. The highest BCUT2D eigenvalue weighted by molar-refractivity contribution is 7.26. The first-order valence-corrected chi connectivity index (χ1v) is 23.6. The highest BCUT2D eigenvalue weighted by Crippen LogP contribution is 2.48. The molecule has 0 aliphatic rings. The number of para-hydroxylation sites is 2. The van der Waals surface area contributed by atoms with Crippen molar-refractivity contribution in [3.63, 3.8) is 0 Å². The van der Waals surface area contributed by atoms with Gasteiger partial charge in [-0.3, -0.25) is 0 Å². The smallest absolute Gasteiger partial charge is 0.136 e. The van der Waals surface area contributed by atoms with E-state index in [2.05, 4.69) is 212 Å². The van der Waals surface area contributed by atoms with Crippen molar-refractivity contribution in [2.24, 2.45) is 0 Å². The largest absolute Gasteiger partial charge is 0.456 e. The van der Waals surface area contributed by atoms with Gasteiger partial charge in [0.2, 0.25) is 0 Å². The van der Waals surface area contributed by atoms with Crippen LogP contribution < -0.4 is 0 Å². The number of hydrogen-bond acceptors (Lipinski definition) is 4. The van der Waals surface area contributed by atoms with E-state index in [0.29, 0.717) is 0 Å². The first-order chi connectivity index (χ1) is 32.2. The zero-order chi connectivity index (χ0) is 42.6. The number of nitrogens with zero attached hydrogens (tertiary/aromatic N) is 1. The van der Waals surface area contributed by atoms with Gasteiger partial charge in [-0.1, -0.05) is 146 Å². The second-order valence-electron chi connectivity index (χ2n) is 17.0. The first kappa shape index (κ1) is 36.6. The molecule has 0 aliphatic heterocycles. The van der Waals surface area contributed by atoms with Gasteiger partial charge in [-0.05, 0) is 106 Å². The van der Waals surface area contributed by atoms with Crippen molar-refractivity contribution in [1.29, 1.82) is 0 Å². The summed E-state index contributed by atoms with van der Waals surface area (Å²) in [7, 11) is 0. The molecule has 10 aromatic carbocycles. The highest BCUT2D eigenvalue weighted by atomic mass is 32.1. The molecule has 14 aromatic rings. The van der Waals surface area contributed by atoms with Crippen LogP contribution in [-0.4, -0.2) is 4.98 Å². The van der Waals surface area contributed by atoms with Crippen molar-refractivity contribution >= 4 is 107 Å². The topological polar surface area (TPSA) is 26.0 Å². The summed E-state index contributed by atoms with van der Waals surface area (Å²) in [6.07, 6.45) is 0. The third-order valence-electron chi connectivity index (χ3n) is 13.2. The number of aromatic nitrogens is 1. The fourth-order valence-corrected chi connectivity index (χ4v) is 12.5. The normalized spacial score (nSPS) is 12.0. The van der Waals surface area contributed by atoms with Gasteiger partial charge in [-0.25, -0.2) is 4.98 Å². The van der Waals surface area contributed by atoms with E-state index in [4.69, 9.17) is 9.40 Å². The molecule has 0 fully saturated rings. The van der Waals surface area contributed by atoms with Crippen LogP contribution in [0.3, 0.4) is 0 Å². The number of thiophene rings is 2. The van der Waals surface area contributed by atoms with Crippen LogP contribution in [0.25, 0.3) is 140 Å². The lowest BCUT2D eigenvalue weighted by molar-refractivity contribution is 0.669. The Bertz CT molecular complexity index is 4120. The summed E-state index contributed by atoms with van der Waals surface area (Å²) in [6, 6.07) is 77.5. The lowest BCUT2D eigenvalue weighted by Gasteiger charge is -2.17. The molecule has 2 nitrogen and oxygen atoms in total. The van der Waals surface area contributed by atoms with Crippen molar-refractivity contribution in [2.45, 2.75) is 0 Å². The quantitative estimate of drug-likeness (QED) is 0.161. The molecule has 0 atom stereocenters. The predicted octanol–water partition coefficient (Wildman–Crippen LogP) is 18.4. The summed E-state index contributed by atoms with van der Waals surface area (Å²) < 4.78 is 12.0. The predicted molar refractivity (Wildman–Crippen MR) is 279 cm³/mol. The molecule has 4 heterocycles. The SMILES string of the molecule is c1ccc(-c2nc3ccccc3c3c(-c4cccc(-c5cc(-c6ccc7c(c6)sc6ccccc67)cc(-c6ccc7c(c6)sc6ccccc67)c5)c4)c4c(cc23)oc2ccccc24)cc1. The molecular weight excluding hydrogens is 827 g/mol. The molecule has 0 amide bonds. The van der Waals surface area contributed by atoms with Crippen LogP contribution in [0.4, 0.5) is 0 Å². The average molecular weight is 862 g/mol. The van der Waals surface area contributed by atoms with Crippen molar-refractivity contribution in [2.75, 3.05) is 0 Å². The molecule has 65 heavy (non-hydrogen) atoms. The van der Waals surface area contributed by atoms with Crippen LogP contribution in [0, 0.1) is 0 Å². The van der Waals surface area contributed by atoms with Crippen molar-refractivity contribution < 1.29 is 4.42 Å². The zero-order valence-electron chi connectivity index (χ0n) is 34.9. The summed E-state index contributed by atoms with van der Waals surface area (Å²) in [5.74, 6) is 0. The van der Waals surface area contributed by atoms with E-state index in [-0.39, 0.29) is 0 Å². The van der Waals surface area contributed by atoms with E-state index >= 15 is 0 Å². The van der Waals surface area contributed by atoms with Crippen LogP contribution in [0.15, 0.2) is 217 Å². The molecule has 0 aliphatic carbocycles. The van der Waals surface area contributed by atoms with Gasteiger partial charge < -0.3 is 4.42 Å². The molecule has 4 aromatic heterocycles. The first-order valence-electron chi connectivity index (χ1n) is 22.0. The summed E-state index contributed by atoms with van der Waals surface area (Å²) in [5, 5.41) is 10.8. The van der Waals surface area contributed by atoms with Crippen LogP contribution in [0.2, 0.25) is 0 Å². The second kappa shape index (κ2) is 14.3. The van der Waals surface area contributed by atoms with Gasteiger partial charge in [0.15, 0.2) is 0 Å². The van der Waals surface area contributed by atoms with Crippen molar-refractivity contribution in [3.05, 3.63) is 212 Å². The number of furan rings is 1. The molecule has 0 radical (unpaired) electrons. The fraction of sp³-hybridized carbons (Fsp3) is 0. The maximum absolute atomic E-state index is 6.74. The number of fused-ring (bicyclic) bond motifs is 12.